The number of carbonyl (C=O) groups is 1. The summed E-state index contributed by atoms with van der Waals surface area (Å²) in [7, 11) is 0. The minimum Gasteiger partial charge on any atom is -0.444 e. The smallest absolute Gasteiger partial charge is 0.411 e. The van der Waals surface area contributed by atoms with Crippen molar-refractivity contribution in [3.8, 4) is 0 Å². The average molecular weight is 285 g/mol. The normalized spacial score (nSPS) is 11.8. The topological polar surface area (TPSA) is 58.6 Å². The van der Waals surface area contributed by atoms with Crippen molar-refractivity contribution in [3.05, 3.63) is 65.2 Å². The second kappa shape index (κ2) is 6.90. The molecule has 0 aliphatic carbocycles. The van der Waals surface area contributed by atoms with Crippen LogP contribution in [0.25, 0.3) is 0 Å². The molecule has 0 fully saturated rings. The lowest BCUT2D eigenvalue weighted by atomic mass is 10.0. The number of carbonyl (C=O) groups excluding carboxylic acids is 1. The Morgan fingerprint density at radius 3 is 2.57 bits per heavy atom. The van der Waals surface area contributed by atoms with Gasteiger partial charge in [0.05, 0.1) is 11.8 Å². The van der Waals surface area contributed by atoms with Crippen LogP contribution >= 0.6 is 0 Å². The summed E-state index contributed by atoms with van der Waals surface area (Å²) >= 11 is 0. The van der Waals surface area contributed by atoms with E-state index in [1.165, 1.54) is 0 Å². The molecule has 21 heavy (non-hydrogen) atoms. The Morgan fingerprint density at radius 2 is 1.90 bits per heavy atom. The van der Waals surface area contributed by atoms with Crippen molar-refractivity contribution in [2.24, 2.45) is 0 Å². The lowest BCUT2D eigenvalue weighted by Crippen LogP contribution is -2.16. The van der Waals surface area contributed by atoms with Crippen LogP contribution in [-0.2, 0) is 11.3 Å². The zero-order chi connectivity index (χ0) is 15.2. The molecule has 2 aromatic rings. The molecule has 2 rings (SSSR count). The van der Waals surface area contributed by atoms with Gasteiger partial charge in [0.15, 0.2) is 0 Å². The molecule has 2 aromatic carbocycles. The first-order valence-corrected chi connectivity index (χ1v) is 6.83. The van der Waals surface area contributed by atoms with E-state index in [9.17, 15) is 9.90 Å². The minimum atomic E-state index is -0.658. The van der Waals surface area contributed by atoms with Crippen LogP contribution in [0.2, 0.25) is 0 Å². The van der Waals surface area contributed by atoms with Crippen LogP contribution in [0.5, 0.6) is 0 Å². The van der Waals surface area contributed by atoms with E-state index in [0.29, 0.717) is 11.3 Å². The van der Waals surface area contributed by atoms with Crippen molar-refractivity contribution in [2.45, 2.75) is 26.6 Å². The summed E-state index contributed by atoms with van der Waals surface area (Å²) in [5.74, 6) is 0. The van der Waals surface area contributed by atoms with Crippen molar-refractivity contribution in [2.75, 3.05) is 5.32 Å². The predicted molar refractivity (Wildman–Crippen MR) is 82.1 cm³/mol. The molecule has 1 atom stereocenters. The molecule has 2 N–H and O–H groups in total. The van der Waals surface area contributed by atoms with E-state index in [1.54, 1.807) is 13.0 Å². The molecule has 110 valence electrons. The number of para-hydroxylation sites is 1. The Bertz CT molecular complexity index is 609. The SMILES string of the molecule is Cc1cccc(C(C)O)c1NC(=O)OCc1ccccc1. The number of hydrogen-bond donors (Lipinski definition) is 2. The Labute approximate surface area is 124 Å². The van der Waals surface area contributed by atoms with Gasteiger partial charge in [-0.3, -0.25) is 5.32 Å². The minimum absolute atomic E-state index is 0.211. The number of aliphatic hydroxyl groups excluding tert-OH is 1. The first kappa shape index (κ1) is 15.1. The quantitative estimate of drug-likeness (QED) is 0.898. The maximum atomic E-state index is 11.9. The van der Waals surface area contributed by atoms with Crippen LogP contribution in [0, 0.1) is 6.92 Å². The third kappa shape index (κ3) is 4.07. The molecule has 0 aliphatic rings. The Morgan fingerprint density at radius 1 is 1.19 bits per heavy atom. The second-order valence-corrected chi connectivity index (χ2v) is 4.90. The van der Waals surface area contributed by atoms with Crippen molar-refractivity contribution >= 4 is 11.8 Å². The molecule has 0 saturated heterocycles. The van der Waals surface area contributed by atoms with Crippen LogP contribution in [-0.4, -0.2) is 11.2 Å². The first-order valence-electron chi connectivity index (χ1n) is 6.83. The van der Waals surface area contributed by atoms with E-state index in [0.717, 1.165) is 11.1 Å². The van der Waals surface area contributed by atoms with Crippen LogP contribution in [0.4, 0.5) is 10.5 Å². The van der Waals surface area contributed by atoms with Gasteiger partial charge in [-0.05, 0) is 25.0 Å². The lowest BCUT2D eigenvalue weighted by Gasteiger charge is -2.15. The van der Waals surface area contributed by atoms with Crippen molar-refractivity contribution in [1.82, 2.24) is 0 Å². The number of amides is 1. The summed E-state index contributed by atoms with van der Waals surface area (Å²) in [4.78, 5) is 11.9. The highest BCUT2D eigenvalue weighted by Crippen LogP contribution is 2.26. The summed E-state index contributed by atoms with van der Waals surface area (Å²) in [6, 6.07) is 15.0. The monoisotopic (exact) mass is 285 g/mol. The highest BCUT2D eigenvalue weighted by atomic mass is 16.5. The fourth-order valence-corrected chi connectivity index (χ4v) is 2.07. The van der Waals surface area contributed by atoms with Gasteiger partial charge in [-0.2, -0.15) is 0 Å². The van der Waals surface area contributed by atoms with Crippen molar-refractivity contribution in [1.29, 1.82) is 0 Å². The van der Waals surface area contributed by atoms with Gasteiger partial charge >= 0.3 is 6.09 Å². The van der Waals surface area contributed by atoms with Crippen molar-refractivity contribution in [3.63, 3.8) is 0 Å². The maximum absolute atomic E-state index is 11.9. The first-order chi connectivity index (χ1) is 10.1. The average Bonchev–Trinajstić information content (AvgIpc) is 2.48. The number of anilines is 1. The zero-order valence-corrected chi connectivity index (χ0v) is 12.2. The summed E-state index contributed by atoms with van der Waals surface area (Å²) in [5, 5.41) is 12.5. The lowest BCUT2D eigenvalue weighted by molar-refractivity contribution is 0.155. The molecule has 4 nitrogen and oxygen atoms in total. The molecule has 0 radical (unpaired) electrons. The Kier molecular flexibility index (Phi) is 4.95. The van der Waals surface area contributed by atoms with Gasteiger partial charge in [-0.1, -0.05) is 48.5 Å². The number of hydrogen-bond acceptors (Lipinski definition) is 3. The second-order valence-electron chi connectivity index (χ2n) is 4.90. The molecule has 0 saturated carbocycles. The molecule has 1 unspecified atom stereocenters. The van der Waals surface area contributed by atoms with Gasteiger partial charge in [-0.15, -0.1) is 0 Å². The molecule has 0 bridgehead atoms. The molecule has 0 heterocycles. The van der Waals surface area contributed by atoms with E-state index in [2.05, 4.69) is 5.32 Å². The summed E-state index contributed by atoms with van der Waals surface area (Å²) in [6.45, 7) is 3.75. The van der Waals surface area contributed by atoms with Gasteiger partial charge < -0.3 is 9.84 Å². The molecule has 0 aliphatic heterocycles. The van der Waals surface area contributed by atoms with E-state index < -0.39 is 12.2 Å². The summed E-state index contributed by atoms with van der Waals surface area (Å²) in [6.07, 6.45) is -1.19. The van der Waals surface area contributed by atoms with Gasteiger partial charge in [0, 0.05) is 5.56 Å². The molecule has 4 heteroatoms. The molecular weight excluding hydrogens is 266 g/mol. The zero-order valence-electron chi connectivity index (χ0n) is 12.2. The van der Waals surface area contributed by atoms with Crippen LogP contribution < -0.4 is 5.32 Å². The predicted octanol–water partition coefficient (Wildman–Crippen LogP) is 3.80. The third-order valence-electron chi connectivity index (χ3n) is 3.19. The molecule has 0 aromatic heterocycles. The van der Waals surface area contributed by atoms with Crippen LogP contribution in [0.1, 0.15) is 29.7 Å². The third-order valence-corrected chi connectivity index (χ3v) is 3.19. The molecule has 1 amide bonds. The summed E-state index contributed by atoms with van der Waals surface area (Å²) in [5.41, 5.74) is 3.08. The van der Waals surface area contributed by atoms with Gasteiger partial charge in [0.25, 0.3) is 0 Å². The number of aliphatic hydroxyl groups is 1. The Hall–Kier alpha value is -2.33. The number of ether oxygens (including phenoxy) is 1. The van der Waals surface area contributed by atoms with Gasteiger partial charge in [-0.25, -0.2) is 4.79 Å². The van der Waals surface area contributed by atoms with Gasteiger partial charge in [0.2, 0.25) is 0 Å². The fraction of sp³-hybridized carbons (Fsp3) is 0.235. The number of rotatable bonds is 4. The van der Waals surface area contributed by atoms with Gasteiger partial charge in [0.1, 0.15) is 6.61 Å². The Balaban J connectivity index is 2.03. The maximum Gasteiger partial charge on any atom is 0.411 e. The highest BCUT2D eigenvalue weighted by molar-refractivity contribution is 5.87. The van der Waals surface area contributed by atoms with E-state index in [4.69, 9.17) is 4.74 Å². The van der Waals surface area contributed by atoms with E-state index in [-0.39, 0.29) is 6.61 Å². The standard InChI is InChI=1S/C17H19NO3/c1-12-7-6-10-15(13(2)19)16(12)18-17(20)21-11-14-8-4-3-5-9-14/h3-10,13,19H,11H2,1-2H3,(H,18,20). The summed E-state index contributed by atoms with van der Waals surface area (Å²) < 4.78 is 5.19. The van der Waals surface area contributed by atoms with Crippen LogP contribution in [0.15, 0.2) is 48.5 Å². The number of aryl methyl sites for hydroxylation is 1. The molecular formula is C17H19NO3. The number of nitrogens with one attached hydrogen (secondary N) is 1. The fourth-order valence-electron chi connectivity index (χ4n) is 2.07. The highest BCUT2D eigenvalue weighted by Gasteiger charge is 2.13. The number of benzene rings is 2. The largest absolute Gasteiger partial charge is 0.444 e. The van der Waals surface area contributed by atoms with E-state index >= 15 is 0 Å². The van der Waals surface area contributed by atoms with Crippen molar-refractivity contribution < 1.29 is 14.6 Å². The van der Waals surface area contributed by atoms with Crippen LogP contribution in [0.3, 0.4) is 0 Å². The van der Waals surface area contributed by atoms with E-state index in [1.807, 2.05) is 49.4 Å². The molecule has 0 spiro atoms.